The topological polar surface area (TPSA) is 20.2 Å². The minimum atomic E-state index is -2.49. The first-order chi connectivity index (χ1) is 18.8. The Kier molecular flexibility index (Phi) is 7.99. The molecule has 0 amide bonds. The molecule has 2 atom stereocenters. The van der Waals surface area contributed by atoms with E-state index in [9.17, 15) is 5.11 Å². The van der Waals surface area contributed by atoms with E-state index in [1.165, 1.54) is 29.5 Å². The van der Waals surface area contributed by atoms with Crippen molar-refractivity contribution < 1.29 is 25.4 Å². The average Bonchev–Trinajstić information content (AvgIpc) is 3.57. The van der Waals surface area contributed by atoms with Gasteiger partial charge in [0.15, 0.2) is 0 Å². The molecule has 2 unspecified atom stereocenters. The molecule has 0 aromatic heterocycles. The van der Waals surface area contributed by atoms with Gasteiger partial charge >= 0.3 is 157 Å². The van der Waals surface area contributed by atoms with Crippen LogP contribution in [0.15, 0.2) is 77.9 Å². The fraction of sp³-hybridized carbons (Fsp3) is 0.421. The van der Waals surface area contributed by atoms with Crippen LogP contribution in [0.1, 0.15) is 109 Å². The quantitative estimate of drug-likeness (QED) is 0.306. The summed E-state index contributed by atoms with van der Waals surface area (Å²) in [6.45, 7) is 17.8. The molecule has 0 spiro atoms. The van der Waals surface area contributed by atoms with Crippen LogP contribution in [0.3, 0.4) is 0 Å². The first-order valence-electron chi connectivity index (χ1n) is 15.2. The normalized spacial score (nSPS) is 21.2. The van der Waals surface area contributed by atoms with Crippen LogP contribution in [-0.4, -0.2) is 5.11 Å². The Morgan fingerprint density at radius 1 is 0.650 bits per heavy atom. The van der Waals surface area contributed by atoms with E-state index < -0.39 is 20.3 Å². The summed E-state index contributed by atoms with van der Waals surface area (Å²) in [7, 11) is 0. The van der Waals surface area contributed by atoms with E-state index in [1.54, 1.807) is 36.6 Å². The van der Waals surface area contributed by atoms with Crippen LogP contribution in [0.2, 0.25) is 8.26 Å². The number of phenols is 1. The molecule has 1 nitrogen and oxygen atoms in total. The fourth-order valence-corrected chi connectivity index (χ4v) is 25.8. The Hall–Kier alpha value is -2.18. The molecule has 1 saturated heterocycles. The Morgan fingerprint density at radius 3 is 1.57 bits per heavy atom. The van der Waals surface area contributed by atoms with E-state index in [-0.39, 0.29) is 10.8 Å². The molecule has 210 valence electrons. The van der Waals surface area contributed by atoms with Gasteiger partial charge in [-0.3, -0.25) is 0 Å². The molecular weight excluding hydrogens is 564 g/mol. The van der Waals surface area contributed by atoms with Crippen LogP contribution < -0.4 is 0 Å². The molecule has 1 N–H and O–H groups in total. The molecule has 40 heavy (non-hydrogen) atoms. The average molecular weight is 612 g/mol. The maximum absolute atomic E-state index is 9.84. The monoisotopic (exact) mass is 610 g/mol. The van der Waals surface area contributed by atoms with Crippen LogP contribution in [0, 0.1) is 0 Å². The second-order valence-corrected chi connectivity index (χ2v) is 25.9. The summed E-state index contributed by atoms with van der Waals surface area (Å²) in [6.07, 6.45) is 7.93. The van der Waals surface area contributed by atoms with Gasteiger partial charge in [-0.1, -0.05) is 53.7 Å². The summed E-state index contributed by atoms with van der Waals surface area (Å²) in [6, 6.07) is 24.4. The first kappa shape index (κ1) is 29.3. The number of hydrogen-bond acceptors (Lipinski definition) is 1. The number of allylic oxidation sites excluding steroid dienone is 2. The van der Waals surface area contributed by atoms with Gasteiger partial charge in [0.1, 0.15) is 5.75 Å². The SMILES string of the molecule is CC(C)(C)c1ccc(O)c(C(C)(C)C)c1.CC1=Cc2ccccc2[CH]1[Zr]1([CH]2C(C)=Cc3ccccc32)[CH2]CC[CH2]1. The second kappa shape index (κ2) is 10.9. The van der Waals surface area contributed by atoms with E-state index in [0.29, 0.717) is 5.75 Å². The molecule has 3 aliphatic rings. The number of benzene rings is 3. The number of phenolic OH excluding ortho intramolecular Hbond substituents is 1. The van der Waals surface area contributed by atoms with Crippen molar-refractivity contribution >= 4 is 12.2 Å². The summed E-state index contributed by atoms with van der Waals surface area (Å²) in [4.78, 5) is 0. The molecule has 0 saturated carbocycles. The van der Waals surface area contributed by atoms with Crippen LogP contribution in [0.5, 0.6) is 5.75 Å². The standard InChI is InChI=1S/C14H22O.2C10H9.C4H8.Zr/c1-13(2,3)10-7-8-12(15)11(9-10)14(4,5)6;2*1-8-6-9-4-2-3-5-10(9)7-8;1-3-4-2;/h7-9,15H,1-6H3;2*2-7H,1H3;1-4H2;. The Labute approximate surface area is 247 Å². The van der Waals surface area contributed by atoms with Gasteiger partial charge in [-0.2, -0.15) is 0 Å². The molecular formula is C38H48OZr. The molecule has 1 aliphatic heterocycles. The molecule has 1 heterocycles. The Bertz CT molecular complexity index is 1380. The molecule has 2 heteroatoms. The zero-order chi connectivity index (χ0) is 28.9. The Balaban J connectivity index is 0.000000186. The third kappa shape index (κ3) is 5.38. The number of fused-ring (bicyclic) bond motifs is 2. The summed E-state index contributed by atoms with van der Waals surface area (Å²) in [5, 5.41) is 9.84. The van der Waals surface area contributed by atoms with Gasteiger partial charge in [-0.15, -0.1) is 0 Å². The predicted molar refractivity (Wildman–Crippen MR) is 170 cm³/mol. The molecule has 0 radical (unpaired) electrons. The molecule has 3 aromatic rings. The van der Waals surface area contributed by atoms with E-state index in [4.69, 9.17) is 0 Å². The zero-order valence-corrected chi connectivity index (χ0v) is 28.4. The summed E-state index contributed by atoms with van der Waals surface area (Å²) >= 11 is -2.49. The van der Waals surface area contributed by atoms with Crippen molar-refractivity contribution in [3.05, 3.63) is 111 Å². The molecule has 2 aliphatic carbocycles. The van der Waals surface area contributed by atoms with Gasteiger partial charge in [-0.05, 0) is 28.0 Å². The van der Waals surface area contributed by atoms with E-state index >= 15 is 0 Å². The van der Waals surface area contributed by atoms with Gasteiger partial charge in [0, 0.05) is 0 Å². The van der Waals surface area contributed by atoms with Crippen LogP contribution in [0.25, 0.3) is 12.2 Å². The van der Waals surface area contributed by atoms with Crippen molar-refractivity contribution in [1.82, 2.24) is 0 Å². The molecule has 0 bridgehead atoms. The predicted octanol–water partition coefficient (Wildman–Crippen LogP) is 11.1. The van der Waals surface area contributed by atoms with Crippen LogP contribution in [0.4, 0.5) is 0 Å². The summed E-state index contributed by atoms with van der Waals surface area (Å²) < 4.78 is 4.69. The van der Waals surface area contributed by atoms with Gasteiger partial charge < -0.3 is 5.11 Å². The number of aromatic hydroxyl groups is 1. The van der Waals surface area contributed by atoms with E-state index in [1.807, 2.05) is 6.07 Å². The summed E-state index contributed by atoms with van der Waals surface area (Å²) in [5.74, 6) is 0.399. The van der Waals surface area contributed by atoms with Gasteiger partial charge in [0.25, 0.3) is 0 Å². The van der Waals surface area contributed by atoms with Crippen molar-refractivity contribution in [2.75, 3.05) is 0 Å². The van der Waals surface area contributed by atoms with Crippen molar-refractivity contribution in [2.24, 2.45) is 0 Å². The van der Waals surface area contributed by atoms with Crippen LogP contribution >= 0.6 is 0 Å². The van der Waals surface area contributed by atoms with Crippen LogP contribution in [-0.2, 0) is 31.1 Å². The summed E-state index contributed by atoms with van der Waals surface area (Å²) in [5.41, 5.74) is 12.1. The van der Waals surface area contributed by atoms with E-state index in [2.05, 4.69) is 122 Å². The number of rotatable bonds is 2. The third-order valence-corrected chi connectivity index (χ3v) is 25.4. The molecule has 1 fully saturated rings. The van der Waals surface area contributed by atoms with Gasteiger partial charge in [-0.25, -0.2) is 0 Å². The number of hydrogen-bond donors (Lipinski definition) is 1. The fourth-order valence-electron chi connectivity index (χ4n) is 7.87. The van der Waals surface area contributed by atoms with Gasteiger partial charge in [0.2, 0.25) is 0 Å². The second-order valence-electron chi connectivity index (χ2n) is 14.6. The maximum atomic E-state index is 9.84. The van der Waals surface area contributed by atoms with Crippen molar-refractivity contribution in [3.8, 4) is 5.75 Å². The van der Waals surface area contributed by atoms with Crippen molar-refractivity contribution in [3.63, 3.8) is 0 Å². The Morgan fingerprint density at radius 2 is 1.12 bits per heavy atom. The molecule has 3 aromatic carbocycles. The van der Waals surface area contributed by atoms with E-state index in [0.717, 1.165) is 12.8 Å². The minimum absolute atomic E-state index is 0.00859. The van der Waals surface area contributed by atoms with Gasteiger partial charge in [0.05, 0.1) is 0 Å². The third-order valence-electron chi connectivity index (χ3n) is 9.65. The molecule has 6 rings (SSSR count). The zero-order valence-electron chi connectivity index (χ0n) is 25.9. The van der Waals surface area contributed by atoms with Crippen molar-refractivity contribution in [2.45, 2.75) is 94.6 Å². The first-order valence-corrected chi connectivity index (χ1v) is 21.5. The van der Waals surface area contributed by atoms with Crippen molar-refractivity contribution in [1.29, 1.82) is 0 Å².